The van der Waals surface area contributed by atoms with Gasteiger partial charge in [0.25, 0.3) is 0 Å². The van der Waals surface area contributed by atoms with Crippen LogP contribution in [0.25, 0.3) is 0 Å². The molecule has 1 aromatic rings. The first-order chi connectivity index (χ1) is 5.63. The van der Waals surface area contributed by atoms with Crippen LogP contribution in [0.15, 0.2) is 12.5 Å². The lowest BCUT2D eigenvalue weighted by atomic mass is 9.94. The van der Waals surface area contributed by atoms with E-state index >= 15 is 0 Å². The first-order valence-electron chi connectivity index (χ1n) is 4.08. The van der Waals surface area contributed by atoms with E-state index in [2.05, 4.69) is 9.97 Å². The number of halogens is 1. The Morgan fingerprint density at radius 1 is 1.33 bits per heavy atom. The molecule has 1 atom stereocenters. The van der Waals surface area contributed by atoms with Gasteiger partial charge in [0.2, 0.25) is 0 Å². The largest absolute Gasteiger partial charge is 0.242 e. The number of hydrogen-bond donors (Lipinski definition) is 0. The SMILES string of the molecule is CC(C)C(C)c1ncncc1F. The Kier molecular flexibility index (Phi) is 2.74. The first kappa shape index (κ1) is 9.10. The van der Waals surface area contributed by atoms with Crippen LogP contribution in [-0.2, 0) is 0 Å². The lowest BCUT2D eigenvalue weighted by Gasteiger charge is -2.14. The Balaban J connectivity index is 2.94. The van der Waals surface area contributed by atoms with Crippen molar-refractivity contribution >= 4 is 0 Å². The number of nitrogens with zero attached hydrogens (tertiary/aromatic N) is 2. The second-order valence-corrected chi connectivity index (χ2v) is 3.29. The minimum Gasteiger partial charge on any atom is -0.242 e. The van der Waals surface area contributed by atoms with Crippen molar-refractivity contribution < 1.29 is 4.39 Å². The van der Waals surface area contributed by atoms with Gasteiger partial charge in [-0.1, -0.05) is 20.8 Å². The smallest absolute Gasteiger partial charge is 0.163 e. The van der Waals surface area contributed by atoms with E-state index in [4.69, 9.17) is 0 Å². The maximum absolute atomic E-state index is 13.1. The monoisotopic (exact) mass is 168 g/mol. The van der Waals surface area contributed by atoms with E-state index in [-0.39, 0.29) is 11.7 Å². The van der Waals surface area contributed by atoms with Crippen molar-refractivity contribution in [3.05, 3.63) is 24.0 Å². The normalized spacial score (nSPS) is 13.4. The molecular formula is C9H13FN2. The molecule has 0 aliphatic rings. The Hall–Kier alpha value is -0.990. The van der Waals surface area contributed by atoms with Gasteiger partial charge >= 0.3 is 0 Å². The summed E-state index contributed by atoms with van der Waals surface area (Å²) in [6.07, 6.45) is 2.60. The molecule has 0 aromatic carbocycles. The number of rotatable bonds is 2. The quantitative estimate of drug-likeness (QED) is 0.677. The van der Waals surface area contributed by atoms with Gasteiger partial charge in [0.1, 0.15) is 6.33 Å². The van der Waals surface area contributed by atoms with Crippen molar-refractivity contribution in [1.29, 1.82) is 0 Å². The molecule has 1 unspecified atom stereocenters. The summed E-state index contributed by atoms with van der Waals surface area (Å²) >= 11 is 0. The molecule has 2 nitrogen and oxygen atoms in total. The lowest BCUT2D eigenvalue weighted by Crippen LogP contribution is -2.07. The highest BCUT2D eigenvalue weighted by Crippen LogP contribution is 2.22. The lowest BCUT2D eigenvalue weighted by molar-refractivity contribution is 0.484. The Bertz CT molecular complexity index is 260. The summed E-state index contributed by atoms with van der Waals surface area (Å²) < 4.78 is 13.1. The third kappa shape index (κ3) is 1.78. The molecule has 1 aromatic heterocycles. The third-order valence-electron chi connectivity index (χ3n) is 2.13. The average Bonchev–Trinajstić information content (AvgIpc) is 2.04. The summed E-state index contributed by atoms with van der Waals surface area (Å²) in [5.74, 6) is 0.237. The Labute approximate surface area is 71.9 Å². The molecule has 0 fully saturated rings. The molecular weight excluding hydrogens is 155 g/mol. The maximum atomic E-state index is 13.1. The van der Waals surface area contributed by atoms with E-state index < -0.39 is 0 Å². The highest BCUT2D eigenvalue weighted by molar-refractivity contribution is 5.08. The molecule has 0 aliphatic heterocycles. The molecule has 0 radical (unpaired) electrons. The molecule has 0 spiro atoms. The molecule has 0 N–H and O–H groups in total. The predicted octanol–water partition coefficient (Wildman–Crippen LogP) is 2.38. The molecule has 0 aliphatic carbocycles. The predicted molar refractivity (Wildman–Crippen MR) is 45.2 cm³/mol. The summed E-state index contributed by atoms with van der Waals surface area (Å²) in [5, 5.41) is 0. The van der Waals surface area contributed by atoms with Crippen molar-refractivity contribution in [3.63, 3.8) is 0 Å². The molecule has 0 amide bonds. The first-order valence-corrected chi connectivity index (χ1v) is 4.08. The summed E-state index contributed by atoms with van der Waals surface area (Å²) in [4.78, 5) is 7.51. The average molecular weight is 168 g/mol. The van der Waals surface area contributed by atoms with Gasteiger partial charge in [0, 0.05) is 5.92 Å². The molecule has 0 saturated heterocycles. The van der Waals surface area contributed by atoms with Gasteiger partial charge in [0.15, 0.2) is 5.82 Å². The van der Waals surface area contributed by atoms with Crippen molar-refractivity contribution in [1.82, 2.24) is 9.97 Å². The van der Waals surface area contributed by atoms with E-state index in [9.17, 15) is 4.39 Å². The van der Waals surface area contributed by atoms with Gasteiger partial charge < -0.3 is 0 Å². The van der Waals surface area contributed by atoms with E-state index in [1.807, 2.05) is 20.8 Å². The Morgan fingerprint density at radius 2 is 2.00 bits per heavy atom. The molecule has 0 bridgehead atoms. The fourth-order valence-electron chi connectivity index (χ4n) is 0.973. The molecule has 3 heteroatoms. The zero-order valence-corrected chi connectivity index (χ0v) is 7.58. The van der Waals surface area contributed by atoms with Crippen LogP contribution in [-0.4, -0.2) is 9.97 Å². The fourth-order valence-corrected chi connectivity index (χ4v) is 0.973. The number of aromatic nitrogens is 2. The standard InChI is InChI=1S/C9H13FN2/c1-6(2)7(3)9-8(10)4-11-5-12-9/h4-7H,1-3H3. The van der Waals surface area contributed by atoms with Crippen LogP contribution >= 0.6 is 0 Å². The molecule has 0 saturated carbocycles. The van der Waals surface area contributed by atoms with E-state index in [0.717, 1.165) is 0 Å². The fraction of sp³-hybridized carbons (Fsp3) is 0.556. The van der Waals surface area contributed by atoms with Crippen LogP contribution in [0.2, 0.25) is 0 Å². The second kappa shape index (κ2) is 3.61. The van der Waals surface area contributed by atoms with Crippen LogP contribution in [0.1, 0.15) is 32.4 Å². The van der Waals surface area contributed by atoms with Gasteiger partial charge in [-0.3, -0.25) is 0 Å². The summed E-state index contributed by atoms with van der Waals surface area (Å²) in [5.41, 5.74) is 0.514. The number of hydrogen-bond acceptors (Lipinski definition) is 2. The van der Waals surface area contributed by atoms with Crippen LogP contribution in [0, 0.1) is 11.7 Å². The molecule has 66 valence electrons. The maximum Gasteiger partial charge on any atom is 0.163 e. The Morgan fingerprint density at radius 3 is 2.50 bits per heavy atom. The van der Waals surface area contributed by atoms with Crippen molar-refractivity contribution in [2.45, 2.75) is 26.7 Å². The van der Waals surface area contributed by atoms with Crippen molar-refractivity contribution in [2.75, 3.05) is 0 Å². The van der Waals surface area contributed by atoms with Gasteiger partial charge in [-0.2, -0.15) is 0 Å². The van der Waals surface area contributed by atoms with Gasteiger partial charge in [0.05, 0.1) is 11.9 Å². The van der Waals surface area contributed by atoms with Crippen LogP contribution in [0.4, 0.5) is 4.39 Å². The van der Waals surface area contributed by atoms with Gasteiger partial charge in [-0.05, 0) is 5.92 Å². The van der Waals surface area contributed by atoms with E-state index in [1.54, 1.807) is 0 Å². The zero-order chi connectivity index (χ0) is 9.14. The third-order valence-corrected chi connectivity index (χ3v) is 2.13. The summed E-state index contributed by atoms with van der Waals surface area (Å²) in [6.45, 7) is 6.06. The van der Waals surface area contributed by atoms with Crippen molar-refractivity contribution in [3.8, 4) is 0 Å². The summed E-state index contributed by atoms with van der Waals surface area (Å²) in [6, 6.07) is 0. The highest BCUT2D eigenvalue weighted by atomic mass is 19.1. The van der Waals surface area contributed by atoms with Crippen LogP contribution in [0.5, 0.6) is 0 Å². The summed E-state index contributed by atoms with van der Waals surface area (Å²) in [7, 11) is 0. The molecule has 1 heterocycles. The van der Waals surface area contributed by atoms with Crippen LogP contribution < -0.4 is 0 Å². The van der Waals surface area contributed by atoms with Crippen LogP contribution in [0.3, 0.4) is 0 Å². The topological polar surface area (TPSA) is 25.8 Å². The molecule has 12 heavy (non-hydrogen) atoms. The van der Waals surface area contributed by atoms with E-state index in [1.165, 1.54) is 12.5 Å². The highest BCUT2D eigenvalue weighted by Gasteiger charge is 2.15. The minimum atomic E-state index is -0.307. The second-order valence-electron chi connectivity index (χ2n) is 3.29. The van der Waals surface area contributed by atoms with Gasteiger partial charge in [-0.25, -0.2) is 14.4 Å². The van der Waals surface area contributed by atoms with E-state index in [0.29, 0.717) is 11.6 Å². The van der Waals surface area contributed by atoms with Crippen molar-refractivity contribution in [2.24, 2.45) is 5.92 Å². The zero-order valence-electron chi connectivity index (χ0n) is 7.58. The van der Waals surface area contributed by atoms with Gasteiger partial charge in [-0.15, -0.1) is 0 Å². The molecule has 1 rings (SSSR count). The minimum absolute atomic E-state index is 0.146.